The third-order valence-electron chi connectivity index (χ3n) is 11.4. The van der Waals surface area contributed by atoms with Gasteiger partial charge in [-0.1, -0.05) is 18.2 Å². The van der Waals surface area contributed by atoms with Crippen LogP contribution in [0.5, 0.6) is 0 Å². The van der Waals surface area contributed by atoms with Crippen LogP contribution >= 0.6 is 0 Å². The average Bonchev–Trinajstić information content (AvgIpc) is 3.91. The number of benzene rings is 2. The zero-order valence-electron chi connectivity index (χ0n) is 35.8. The molecule has 9 rings (SSSR count). The van der Waals surface area contributed by atoms with E-state index in [2.05, 4.69) is 57.7 Å². The van der Waals surface area contributed by atoms with Crippen molar-refractivity contribution < 1.29 is 28.6 Å². The van der Waals surface area contributed by atoms with Crippen molar-refractivity contribution in [3.05, 3.63) is 89.1 Å². The molecule has 5 aromatic heterocycles. The molecule has 0 spiro atoms. The molecule has 1 fully saturated rings. The number of hydrogen-bond donors (Lipinski definition) is 6. The van der Waals surface area contributed by atoms with E-state index in [1.807, 2.05) is 37.6 Å². The summed E-state index contributed by atoms with van der Waals surface area (Å²) in [6.07, 6.45) is 7.03. The molecule has 0 bridgehead atoms. The minimum absolute atomic E-state index is 0.00910. The Morgan fingerprint density at radius 2 is 1.59 bits per heavy atom. The van der Waals surface area contributed by atoms with Gasteiger partial charge in [0.1, 0.15) is 35.8 Å². The fraction of sp³-hybridized carbons (Fsp3) is 0.326. The molecule has 1 saturated heterocycles. The summed E-state index contributed by atoms with van der Waals surface area (Å²) in [6, 6.07) is 11.8. The standard InChI is InChI=1S/C43H47N17O6/c44-37-30(20-51-43(55-37)58-11-9-57(10-12-58)42-49-18-26(19-50-42)17-48-33(62)23-61)40(64)47-7-14-65-13-6-34(63)59-8-5-27-15-25(1-2-29(27)22-59)21-60-39-35(38(45)52-24-53-39)36(56-60)28-3-4-32-31(16-28)54-41(46)66-32/h1-4,15-16,18-20,24,61H,5-14,17,21-23H2,(H2,46,54)(H,47,64)(H,48,62)(H2,44,51,55)(H2,45,52,53). The van der Waals surface area contributed by atoms with E-state index in [0.717, 1.165) is 16.7 Å². The van der Waals surface area contributed by atoms with E-state index in [-0.39, 0.29) is 56.0 Å². The van der Waals surface area contributed by atoms with Gasteiger partial charge in [-0.05, 0) is 41.3 Å². The Morgan fingerprint density at radius 1 is 0.803 bits per heavy atom. The summed E-state index contributed by atoms with van der Waals surface area (Å²) in [5, 5.41) is 19.8. The van der Waals surface area contributed by atoms with Crippen LogP contribution in [0.2, 0.25) is 0 Å². The summed E-state index contributed by atoms with van der Waals surface area (Å²) in [5.41, 5.74) is 25.6. The first-order valence-electron chi connectivity index (χ1n) is 21.3. The van der Waals surface area contributed by atoms with E-state index in [1.54, 1.807) is 18.5 Å². The van der Waals surface area contributed by atoms with Crippen molar-refractivity contribution >= 4 is 69.4 Å². The molecule has 23 heteroatoms. The second-order valence-corrected chi connectivity index (χ2v) is 15.8. The first-order valence-corrected chi connectivity index (χ1v) is 21.3. The quantitative estimate of drug-likeness (QED) is 0.0770. The van der Waals surface area contributed by atoms with E-state index in [4.69, 9.17) is 36.6 Å². The molecular weight excluding hydrogens is 851 g/mol. The number of aliphatic hydroxyl groups is 1. The SMILES string of the molecule is Nc1nc2cc(-c3nn(Cc4ccc5c(c4)CCN(C(=O)CCOCCNC(=O)c4cnc(N6CCN(c7ncc(CNC(=O)CO)cn7)CC6)nc4N)C5)c4ncnc(N)c34)ccc2o1. The third-order valence-corrected chi connectivity index (χ3v) is 11.4. The molecule has 0 unspecified atom stereocenters. The maximum absolute atomic E-state index is 13.2. The zero-order valence-corrected chi connectivity index (χ0v) is 35.8. The molecule has 0 atom stereocenters. The van der Waals surface area contributed by atoms with Gasteiger partial charge < -0.3 is 56.8 Å². The number of carbonyl (C=O) groups is 3. The number of carbonyl (C=O) groups excluding carboxylic acids is 3. The lowest BCUT2D eigenvalue weighted by molar-refractivity contribution is -0.133. The highest BCUT2D eigenvalue weighted by Gasteiger charge is 2.25. The van der Waals surface area contributed by atoms with Gasteiger partial charge in [0.25, 0.3) is 11.9 Å². The molecule has 0 saturated carbocycles. The number of fused-ring (bicyclic) bond motifs is 3. The van der Waals surface area contributed by atoms with Gasteiger partial charge in [0, 0.05) is 82.1 Å². The van der Waals surface area contributed by atoms with Crippen LogP contribution in [0.3, 0.4) is 0 Å². The van der Waals surface area contributed by atoms with Crippen molar-refractivity contribution in [1.82, 2.24) is 60.2 Å². The molecule has 9 N–H and O–H groups in total. The van der Waals surface area contributed by atoms with Crippen LogP contribution in [0, 0.1) is 0 Å². The summed E-state index contributed by atoms with van der Waals surface area (Å²) in [4.78, 5) is 73.8. The Labute approximate surface area is 376 Å². The van der Waals surface area contributed by atoms with Crippen molar-refractivity contribution in [2.45, 2.75) is 32.5 Å². The van der Waals surface area contributed by atoms with E-state index in [9.17, 15) is 14.4 Å². The highest BCUT2D eigenvalue weighted by atomic mass is 16.5. The van der Waals surface area contributed by atoms with Gasteiger partial charge in [-0.15, -0.1) is 0 Å². The smallest absolute Gasteiger partial charge is 0.292 e. The number of aliphatic hydroxyl groups excluding tert-OH is 1. The summed E-state index contributed by atoms with van der Waals surface area (Å²) in [6.45, 7) is 4.17. The summed E-state index contributed by atoms with van der Waals surface area (Å²) in [5.74, 6) is 0.444. The predicted molar refractivity (Wildman–Crippen MR) is 241 cm³/mol. The Kier molecular flexibility index (Phi) is 12.4. The van der Waals surface area contributed by atoms with Gasteiger partial charge in [-0.2, -0.15) is 15.1 Å². The van der Waals surface area contributed by atoms with E-state index < -0.39 is 18.4 Å². The number of rotatable bonds is 15. The van der Waals surface area contributed by atoms with E-state index in [1.165, 1.54) is 18.1 Å². The molecule has 2 aromatic carbocycles. The minimum atomic E-state index is -0.577. The van der Waals surface area contributed by atoms with Crippen molar-refractivity contribution in [3.8, 4) is 11.3 Å². The number of aromatic nitrogens is 9. The van der Waals surface area contributed by atoms with Gasteiger partial charge in [0.15, 0.2) is 11.2 Å². The Hall–Kier alpha value is -8.05. The molecule has 66 heavy (non-hydrogen) atoms. The molecule has 3 amide bonds. The lowest BCUT2D eigenvalue weighted by Crippen LogP contribution is -2.47. The molecule has 2 aliphatic heterocycles. The van der Waals surface area contributed by atoms with Gasteiger partial charge in [-0.25, -0.2) is 29.6 Å². The second-order valence-electron chi connectivity index (χ2n) is 15.8. The van der Waals surface area contributed by atoms with Gasteiger partial charge in [-0.3, -0.25) is 14.4 Å². The van der Waals surface area contributed by atoms with Crippen molar-refractivity contribution in [2.24, 2.45) is 0 Å². The lowest BCUT2D eigenvalue weighted by atomic mass is 9.97. The second kappa shape index (κ2) is 19.0. The monoisotopic (exact) mass is 897 g/mol. The van der Waals surface area contributed by atoms with Crippen LogP contribution in [0.4, 0.5) is 29.5 Å². The molecule has 7 aromatic rings. The van der Waals surface area contributed by atoms with Crippen LogP contribution in [0.15, 0.2) is 65.7 Å². The number of ether oxygens (including phenoxy) is 1. The summed E-state index contributed by atoms with van der Waals surface area (Å²) >= 11 is 0. The molecule has 0 aliphatic carbocycles. The highest BCUT2D eigenvalue weighted by molar-refractivity contribution is 6.00. The number of nitrogens with one attached hydrogen (secondary N) is 2. The molecule has 23 nitrogen and oxygen atoms in total. The number of nitrogens with two attached hydrogens (primary N) is 3. The molecular formula is C43H47N17O6. The number of nitrogen functional groups attached to an aromatic ring is 3. The molecule has 0 radical (unpaired) electrons. The van der Waals surface area contributed by atoms with E-state index >= 15 is 0 Å². The maximum atomic E-state index is 13.2. The van der Waals surface area contributed by atoms with Gasteiger partial charge in [0.05, 0.1) is 37.1 Å². The zero-order chi connectivity index (χ0) is 45.7. The number of anilines is 5. The Morgan fingerprint density at radius 3 is 2.38 bits per heavy atom. The normalized spacial score (nSPS) is 13.9. The Balaban J connectivity index is 0.704. The summed E-state index contributed by atoms with van der Waals surface area (Å²) < 4.78 is 13.0. The fourth-order valence-electron chi connectivity index (χ4n) is 7.96. The van der Waals surface area contributed by atoms with Crippen LogP contribution in [-0.4, -0.2) is 131 Å². The van der Waals surface area contributed by atoms with Crippen LogP contribution in [-0.2, 0) is 40.4 Å². The third kappa shape index (κ3) is 9.42. The minimum Gasteiger partial charge on any atom is -0.424 e. The number of oxazole rings is 1. The first kappa shape index (κ1) is 43.2. The van der Waals surface area contributed by atoms with E-state index in [0.29, 0.717) is 103 Å². The van der Waals surface area contributed by atoms with Crippen LogP contribution < -0.4 is 37.6 Å². The molecule has 340 valence electrons. The summed E-state index contributed by atoms with van der Waals surface area (Å²) in [7, 11) is 0. The fourth-order valence-corrected chi connectivity index (χ4v) is 7.96. The number of amides is 3. The highest BCUT2D eigenvalue weighted by Crippen LogP contribution is 2.33. The average molecular weight is 898 g/mol. The van der Waals surface area contributed by atoms with Crippen molar-refractivity contribution in [3.63, 3.8) is 0 Å². The number of nitrogens with zero attached hydrogens (tertiary/aromatic N) is 12. The molecule has 2 aliphatic rings. The first-order chi connectivity index (χ1) is 32.1. The van der Waals surface area contributed by atoms with Crippen molar-refractivity contribution in [2.75, 3.05) is 86.1 Å². The largest absolute Gasteiger partial charge is 0.424 e. The predicted octanol–water partition coefficient (Wildman–Crippen LogP) is 0.666. The molecule has 7 heterocycles. The Bertz CT molecular complexity index is 2910. The van der Waals surface area contributed by atoms with Crippen LogP contribution in [0.25, 0.3) is 33.4 Å². The number of hydrogen-bond acceptors (Lipinski definition) is 19. The van der Waals surface area contributed by atoms with Crippen molar-refractivity contribution in [1.29, 1.82) is 0 Å². The number of piperazine rings is 1. The maximum Gasteiger partial charge on any atom is 0.292 e. The van der Waals surface area contributed by atoms with Crippen LogP contribution in [0.1, 0.15) is 39.0 Å². The lowest BCUT2D eigenvalue weighted by Gasteiger charge is -2.34. The topological polar surface area (TPSA) is 314 Å². The van der Waals surface area contributed by atoms with Gasteiger partial charge >= 0.3 is 0 Å². The van der Waals surface area contributed by atoms with Gasteiger partial charge in [0.2, 0.25) is 23.7 Å².